The maximum absolute atomic E-state index is 11.1. The highest BCUT2D eigenvalue weighted by molar-refractivity contribution is 7.80. The Hall–Kier alpha value is -2.53. The molecule has 1 aliphatic heterocycles. The van der Waals surface area contributed by atoms with Crippen LogP contribution in [0, 0.1) is 20.2 Å². The van der Waals surface area contributed by atoms with Crippen LogP contribution in [-0.4, -0.2) is 39.1 Å². The largest absolute Gasteiger partial charge is 0.360 e. The molecule has 2 atom stereocenters. The molecule has 0 bridgehead atoms. The standard InChI is InChI=1S/C12H16N6O4S/c1-7-5-11(16(2)12(23)13-7)15-14-9-4-3-8(17(19)20)6-10(9)18(21)22/h3-4,6-7,11,14-15H,5H2,1-2H3,(H,13,23)/t7-,11+/m1/s1. The minimum atomic E-state index is -0.676. The lowest BCUT2D eigenvalue weighted by Crippen LogP contribution is -2.59. The second-order valence-electron chi connectivity index (χ2n) is 5.20. The number of rotatable bonds is 5. The second kappa shape index (κ2) is 6.71. The Kier molecular flexibility index (Phi) is 4.91. The minimum Gasteiger partial charge on any atom is -0.360 e. The molecule has 3 N–H and O–H groups in total. The van der Waals surface area contributed by atoms with Crippen LogP contribution in [0.5, 0.6) is 0 Å². The van der Waals surface area contributed by atoms with E-state index in [0.29, 0.717) is 11.5 Å². The van der Waals surface area contributed by atoms with Crippen molar-refractivity contribution in [1.29, 1.82) is 0 Å². The molecule has 1 aromatic carbocycles. The predicted molar refractivity (Wildman–Crippen MR) is 87.9 cm³/mol. The van der Waals surface area contributed by atoms with Gasteiger partial charge in [0, 0.05) is 25.6 Å². The molecule has 0 aliphatic carbocycles. The highest BCUT2D eigenvalue weighted by Gasteiger charge is 2.27. The van der Waals surface area contributed by atoms with E-state index < -0.39 is 9.85 Å². The van der Waals surface area contributed by atoms with Crippen LogP contribution in [0.3, 0.4) is 0 Å². The molecular weight excluding hydrogens is 324 g/mol. The first-order chi connectivity index (χ1) is 10.8. The third-order valence-corrected chi connectivity index (χ3v) is 3.90. The third kappa shape index (κ3) is 3.81. The monoisotopic (exact) mass is 340 g/mol. The molecule has 1 fully saturated rings. The summed E-state index contributed by atoms with van der Waals surface area (Å²) in [4.78, 5) is 22.3. The summed E-state index contributed by atoms with van der Waals surface area (Å²) in [6.45, 7) is 1.97. The number of nitro groups is 2. The fourth-order valence-electron chi connectivity index (χ4n) is 2.21. The molecular formula is C12H16N6O4S. The van der Waals surface area contributed by atoms with Crippen molar-refractivity contribution in [3.8, 4) is 0 Å². The van der Waals surface area contributed by atoms with Crippen LogP contribution in [0.4, 0.5) is 17.1 Å². The van der Waals surface area contributed by atoms with E-state index in [0.717, 1.165) is 6.07 Å². The van der Waals surface area contributed by atoms with E-state index in [1.54, 1.807) is 11.9 Å². The van der Waals surface area contributed by atoms with Crippen LogP contribution in [-0.2, 0) is 0 Å². The minimum absolute atomic E-state index is 0.145. The summed E-state index contributed by atoms with van der Waals surface area (Å²) >= 11 is 5.19. The number of benzene rings is 1. The number of nitrogens with one attached hydrogen (secondary N) is 3. The van der Waals surface area contributed by atoms with E-state index >= 15 is 0 Å². The molecule has 10 nitrogen and oxygen atoms in total. The summed E-state index contributed by atoms with van der Waals surface area (Å²) in [5.74, 6) is 0. The van der Waals surface area contributed by atoms with E-state index in [-0.39, 0.29) is 29.3 Å². The van der Waals surface area contributed by atoms with Gasteiger partial charge in [0.1, 0.15) is 11.9 Å². The number of thiocarbonyl (C=S) groups is 1. The van der Waals surface area contributed by atoms with Crippen molar-refractivity contribution in [2.75, 3.05) is 12.5 Å². The number of hydrazine groups is 1. The maximum atomic E-state index is 11.1. The average molecular weight is 340 g/mol. The summed E-state index contributed by atoms with van der Waals surface area (Å²) in [7, 11) is 1.80. The van der Waals surface area contributed by atoms with Gasteiger partial charge < -0.3 is 15.6 Å². The van der Waals surface area contributed by atoms with Gasteiger partial charge in [0.05, 0.1) is 15.9 Å². The summed E-state index contributed by atoms with van der Waals surface area (Å²) in [5, 5.41) is 25.5. The lowest BCUT2D eigenvalue weighted by Gasteiger charge is -2.39. The van der Waals surface area contributed by atoms with Crippen molar-refractivity contribution in [2.45, 2.75) is 25.6 Å². The average Bonchev–Trinajstić information content (AvgIpc) is 2.49. The topological polar surface area (TPSA) is 126 Å². The van der Waals surface area contributed by atoms with Gasteiger partial charge >= 0.3 is 5.69 Å². The van der Waals surface area contributed by atoms with Crippen LogP contribution in [0.25, 0.3) is 0 Å². The Bertz CT molecular complexity index is 654. The molecule has 2 rings (SSSR count). The predicted octanol–water partition coefficient (Wildman–Crippen LogP) is 1.34. The Labute approximate surface area is 137 Å². The first-order valence-corrected chi connectivity index (χ1v) is 7.18. The molecule has 1 aromatic rings. The number of hydrogen-bond donors (Lipinski definition) is 3. The number of nitro benzene ring substituents is 2. The first kappa shape index (κ1) is 16.8. The lowest BCUT2D eigenvalue weighted by molar-refractivity contribution is -0.393. The normalized spacial score (nSPS) is 20.8. The maximum Gasteiger partial charge on any atom is 0.300 e. The highest BCUT2D eigenvalue weighted by atomic mass is 32.1. The Morgan fingerprint density at radius 2 is 2.04 bits per heavy atom. The summed E-state index contributed by atoms with van der Waals surface area (Å²) < 4.78 is 0. The van der Waals surface area contributed by atoms with E-state index in [1.165, 1.54) is 12.1 Å². The van der Waals surface area contributed by atoms with Crippen molar-refractivity contribution >= 4 is 34.4 Å². The second-order valence-corrected chi connectivity index (χ2v) is 5.58. The van der Waals surface area contributed by atoms with E-state index in [1.807, 2.05) is 6.92 Å². The quantitative estimate of drug-likeness (QED) is 0.413. The van der Waals surface area contributed by atoms with E-state index in [4.69, 9.17) is 12.2 Å². The molecule has 1 aliphatic rings. The van der Waals surface area contributed by atoms with Crippen LogP contribution in [0.1, 0.15) is 13.3 Å². The molecule has 0 radical (unpaired) electrons. The molecule has 1 heterocycles. The lowest BCUT2D eigenvalue weighted by atomic mass is 10.1. The molecule has 0 saturated carbocycles. The van der Waals surface area contributed by atoms with Gasteiger partial charge in [-0.1, -0.05) is 0 Å². The van der Waals surface area contributed by atoms with Crippen LogP contribution in [0.15, 0.2) is 18.2 Å². The zero-order valence-corrected chi connectivity index (χ0v) is 13.3. The Balaban J connectivity index is 2.15. The Morgan fingerprint density at radius 1 is 1.35 bits per heavy atom. The molecule has 0 spiro atoms. The molecule has 0 amide bonds. The van der Waals surface area contributed by atoms with Gasteiger partial charge in [0.25, 0.3) is 5.69 Å². The van der Waals surface area contributed by atoms with E-state index in [9.17, 15) is 20.2 Å². The summed E-state index contributed by atoms with van der Waals surface area (Å²) in [6, 6.07) is 3.58. The smallest absolute Gasteiger partial charge is 0.300 e. The van der Waals surface area contributed by atoms with Gasteiger partial charge in [-0.3, -0.25) is 20.2 Å². The van der Waals surface area contributed by atoms with Gasteiger partial charge in [0.15, 0.2) is 5.11 Å². The molecule has 1 saturated heterocycles. The fraction of sp³-hybridized carbons (Fsp3) is 0.417. The van der Waals surface area contributed by atoms with Gasteiger partial charge in [-0.25, -0.2) is 5.43 Å². The third-order valence-electron chi connectivity index (χ3n) is 3.50. The van der Waals surface area contributed by atoms with Crippen molar-refractivity contribution < 1.29 is 9.85 Å². The van der Waals surface area contributed by atoms with E-state index in [2.05, 4.69) is 16.2 Å². The van der Waals surface area contributed by atoms with Gasteiger partial charge in [0.2, 0.25) is 0 Å². The molecule has 124 valence electrons. The van der Waals surface area contributed by atoms with Crippen LogP contribution >= 0.6 is 12.2 Å². The SMILES string of the molecule is C[C@@H]1C[C@@H](NNc2ccc([N+](=O)[O-])cc2[N+](=O)[O-])N(C)C(=S)N1. The summed E-state index contributed by atoms with van der Waals surface area (Å²) in [5.41, 5.74) is 5.16. The van der Waals surface area contributed by atoms with Gasteiger partial charge in [-0.2, -0.15) is 0 Å². The zero-order valence-electron chi connectivity index (χ0n) is 12.5. The van der Waals surface area contributed by atoms with Gasteiger partial charge in [-0.05, 0) is 25.2 Å². The van der Waals surface area contributed by atoms with Crippen molar-refractivity contribution in [3.63, 3.8) is 0 Å². The highest BCUT2D eigenvalue weighted by Crippen LogP contribution is 2.28. The van der Waals surface area contributed by atoms with Gasteiger partial charge in [-0.15, -0.1) is 0 Å². The Morgan fingerprint density at radius 3 is 2.65 bits per heavy atom. The number of non-ortho nitro benzene ring substituents is 1. The van der Waals surface area contributed by atoms with Crippen molar-refractivity contribution in [2.24, 2.45) is 0 Å². The van der Waals surface area contributed by atoms with Crippen LogP contribution < -0.4 is 16.2 Å². The summed E-state index contributed by atoms with van der Waals surface area (Å²) in [6.07, 6.45) is 0.540. The molecule has 23 heavy (non-hydrogen) atoms. The fourth-order valence-corrected chi connectivity index (χ4v) is 2.54. The van der Waals surface area contributed by atoms with Crippen molar-refractivity contribution in [3.05, 3.63) is 38.4 Å². The first-order valence-electron chi connectivity index (χ1n) is 6.77. The zero-order chi connectivity index (χ0) is 17.1. The number of anilines is 1. The van der Waals surface area contributed by atoms with Crippen LogP contribution in [0.2, 0.25) is 0 Å². The van der Waals surface area contributed by atoms with Crippen molar-refractivity contribution in [1.82, 2.24) is 15.6 Å². The molecule has 0 unspecified atom stereocenters. The molecule has 0 aromatic heterocycles. The number of hydrogen-bond acceptors (Lipinski definition) is 7. The number of nitrogens with zero attached hydrogens (tertiary/aromatic N) is 3. The molecule has 11 heteroatoms.